The van der Waals surface area contributed by atoms with Gasteiger partial charge in [0, 0.05) is 24.5 Å². The van der Waals surface area contributed by atoms with E-state index in [0.717, 1.165) is 17.7 Å². The van der Waals surface area contributed by atoms with Crippen LogP contribution in [0.5, 0.6) is 0 Å². The van der Waals surface area contributed by atoms with E-state index in [4.69, 9.17) is 4.52 Å². The van der Waals surface area contributed by atoms with Gasteiger partial charge in [-0.15, -0.1) is 0 Å². The van der Waals surface area contributed by atoms with E-state index in [-0.39, 0.29) is 23.4 Å². The minimum Gasteiger partial charge on any atom is -0.355 e. The summed E-state index contributed by atoms with van der Waals surface area (Å²) in [4.78, 5) is 16.5. The Morgan fingerprint density at radius 3 is 2.73 bits per heavy atom. The first-order valence-corrected chi connectivity index (χ1v) is 7.67. The van der Waals surface area contributed by atoms with Gasteiger partial charge in [-0.3, -0.25) is 9.78 Å². The van der Waals surface area contributed by atoms with Crippen LogP contribution in [0.4, 0.5) is 13.2 Å². The lowest BCUT2D eigenvalue weighted by molar-refractivity contribution is -0.137. The number of benzene rings is 1. The number of aromatic nitrogens is 2. The van der Waals surface area contributed by atoms with Gasteiger partial charge in [-0.2, -0.15) is 13.2 Å². The monoisotopic (exact) mass is 361 g/mol. The second kappa shape index (κ2) is 6.99. The number of alkyl halides is 3. The first-order valence-electron chi connectivity index (χ1n) is 7.67. The van der Waals surface area contributed by atoms with Crippen LogP contribution in [0.25, 0.3) is 11.3 Å². The molecular weight excluding hydrogens is 347 g/mol. The summed E-state index contributed by atoms with van der Waals surface area (Å²) >= 11 is 0. The van der Waals surface area contributed by atoms with Gasteiger partial charge >= 0.3 is 6.18 Å². The largest absolute Gasteiger partial charge is 0.416 e. The number of aryl methyl sites for hydroxylation is 1. The standard InChI is InChI=1S/C18H14F3N3O2/c1-11-15(17(25)23-10-12-4-3-7-22-9-12)16(26-24-11)13-5-2-6-14(8-13)18(19,20)21/h2-9H,10H2,1H3,(H,23,25). The van der Waals surface area contributed by atoms with Crippen molar-refractivity contribution < 1.29 is 22.5 Å². The Labute approximate surface area is 146 Å². The van der Waals surface area contributed by atoms with Crippen molar-refractivity contribution in [3.05, 3.63) is 71.2 Å². The molecule has 0 radical (unpaired) electrons. The van der Waals surface area contributed by atoms with E-state index < -0.39 is 17.6 Å². The highest BCUT2D eigenvalue weighted by Crippen LogP contribution is 2.33. The smallest absolute Gasteiger partial charge is 0.355 e. The van der Waals surface area contributed by atoms with Crippen molar-refractivity contribution in [3.63, 3.8) is 0 Å². The molecule has 0 bridgehead atoms. The Morgan fingerprint density at radius 1 is 1.23 bits per heavy atom. The molecule has 1 aromatic carbocycles. The van der Waals surface area contributed by atoms with Crippen molar-refractivity contribution in [1.29, 1.82) is 0 Å². The molecule has 0 spiro atoms. The normalized spacial score (nSPS) is 11.4. The average Bonchev–Trinajstić information content (AvgIpc) is 3.01. The van der Waals surface area contributed by atoms with Gasteiger partial charge in [-0.25, -0.2) is 0 Å². The van der Waals surface area contributed by atoms with Gasteiger partial charge < -0.3 is 9.84 Å². The molecule has 5 nitrogen and oxygen atoms in total. The molecule has 8 heteroatoms. The van der Waals surface area contributed by atoms with Crippen molar-refractivity contribution in [3.8, 4) is 11.3 Å². The Bertz CT molecular complexity index is 921. The van der Waals surface area contributed by atoms with Crippen molar-refractivity contribution in [2.45, 2.75) is 19.6 Å². The molecule has 3 aromatic rings. The summed E-state index contributed by atoms with van der Waals surface area (Å²) in [5.41, 5.74) is 0.489. The number of nitrogens with one attached hydrogen (secondary N) is 1. The SMILES string of the molecule is Cc1noc(-c2cccc(C(F)(F)F)c2)c1C(=O)NCc1cccnc1. The molecular formula is C18H14F3N3O2. The van der Waals surface area contributed by atoms with Crippen molar-refractivity contribution in [1.82, 2.24) is 15.5 Å². The van der Waals surface area contributed by atoms with Crippen LogP contribution >= 0.6 is 0 Å². The molecule has 134 valence electrons. The molecule has 2 aromatic heterocycles. The molecule has 0 saturated carbocycles. The minimum absolute atomic E-state index is 0.00251. The number of nitrogens with zero attached hydrogens (tertiary/aromatic N) is 2. The predicted octanol–water partition coefficient (Wildman–Crippen LogP) is 3.99. The molecule has 0 atom stereocenters. The van der Waals surface area contributed by atoms with Gasteiger partial charge in [0.05, 0.1) is 11.3 Å². The molecule has 26 heavy (non-hydrogen) atoms. The van der Waals surface area contributed by atoms with E-state index in [0.29, 0.717) is 5.69 Å². The molecule has 0 aliphatic heterocycles. The number of halogens is 3. The van der Waals surface area contributed by atoms with E-state index in [1.807, 2.05) is 0 Å². The molecule has 0 saturated heterocycles. The van der Waals surface area contributed by atoms with Gasteiger partial charge in [0.25, 0.3) is 5.91 Å². The number of pyridine rings is 1. The van der Waals surface area contributed by atoms with Gasteiger partial charge in [0.15, 0.2) is 5.76 Å². The predicted molar refractivity (Wildman–Crippen MR) is 87.1 cm³/mol. The van der Waals surface area contributed by atoms with Crippen LogP contribution in [0, 0.1) is 6.92 Å². The summed E-state index contributed by atoms with van der Waals surface area (Å²) in [6, 6.07) is 8.11. The average molecular weight is 361 g/mol. The maximum Gasteiger partial charge on any atom is 0.416 e. The number of amides is 1. The Morgan fingerprint density at radius 2 is 2.04 bits per heavy atom. The molecule has 2 heterocycles. The van der Waals surface area contributed by atoms with Crippen LogP contribution < -0.4 is 5.32 Å². The summed E-state index contributed by atoms with van der Waals surface area (Å²) < 4.78 is 43.9. The van der Waals surface area contributed by atoms with Crippen LogP contribution in [0.3, 0.4) is 0 Å². The zero-order valence-corrected chi connectivity index (χ0v) is 13.7. The van der Waals surface area contributed by atoms with E-state index >= 15 is 0 Å². The maximum atomic E-state index is 12.9. The molecule has 0 fully saturated rings. The third kappa shape index (κ3) is 3.74. The first-order chi connectivity index (χ1) is 12.4. The highest BCUT2D eigenvalue weighted by atomic mass is 19.4. The zero-order chi connectivity index (χ0) is 18.7. The highest BCUT2D eigenvalue weighted by Gasteiger charge is 2.31. The van der Waals surface area contributed by atoms with Crippen LogP contribution in [-0.2, 0) is 12.7 Å². The summed E-state index contributed by atoms with van der Waals surface area (Å²) in [7, 11) is 0. The number of hydrogen-bond acceptors (Lipinski definition) is 4. The second-order valence-electron chi connectivity index (χ2n) is 5.59. The topological polar surface area (TPSA) is 68.0 Å². The Kier molecular flexibility index (Phi) is 4.75. The fraction of sp³-hybridized carbons (Fsp3) is 0.167. The van der Waals surface area contributed by atoms with E-state index in [1.54, 1.807) is 31.5 Å². The quantitative estimate of drug-likeness (QED) is 0.763. The van der Waals surface area contributed by atoms with Gasteiger partial charge in [0.1, 0.15) is 5.56 Å². The fourth-order valence-electron chi connectivity index (χ4n) is 2.44. The lowest BCUT2D eigenvalue weighted by Gasteiger charge is -2.09. The van der Waals surface area contributed by atoms with Gasteiger partial charge in [0.2, 0.25) is 0 Å². The molecule has 1 N–H and O–H groups in total. The summed E-state index contributed by atoms with van der Waals surface area (Å²) in [5.74, 6) is -0.489. The van der Waals surface area contributed by atoms with Crippen LogP contribution in [0.15, 0.2) is 53.3 Å². The van der Waals surface area contributed by atoms with Crippen LogP contribution in [-0.4, -0.2) is 16.0 Å². The number of carbonyl (C=O) groups is 1. The highest BCUT2D eigenvalue weighted by molar-refractivity contribution is 6.00. The zero-order valence-electron chi connectivity index (χ0n) is 13.7. The van der Waals surface area contributed by atoms with Crippen LogP contribution in [0.2, 0.25) is 0 Å². The lowest BCUT2D eigenvalue weighted by Crippen LogP contribution is -2.23. The van der Waals surface area contributed by atoms with Crippen molar-refractivity contribution >= 4 is 5.91 Å². The summed E-state index contributed by atoms with van der Waals surface area (Å²) in [6.07, 6.45) is -1.27. The van der Waals surface area contributed by atoms with Gasteiger partial charge in [-0.05, 0) is 30.7 Å². The molecule has 0 unspecified atom stereocenters. The van der Waals surface area contributed by atoms with E-state index in [9.17, 15) is 18.0 Å². The Balaban J connectivity index is 1.88. The van der Waals surface area contributed by atoms with E-state index in [1.165, 1.54) is 12.1 Å². The van der Waals surface area contributed by atoms with Crippen LogP contribution in [0.1, 0.15) is 27.2 Å². The minimum atomic E-state index is -4.49. The number of hydrogen-bond donors (Lipinski definition) is 1. The molecule has 3 rings (SSSR count). The fourth-order valence-corrected chi connectivity index (χ4v) is 2.44. The van der Waals surface area contributed by atoms with E-state index in [2.05, 4.69) is 15.5 Å². The number of carbonyl (C=O) groups excluding carboxylic acids is 1. The van der Waals surface area contributed by atoms with Crippen molar-refractivity contribution in [2.24, 2.45) is 0 Å². The first kappa shape index (κ1) is 17.7. The molecule has 0 aliphatic rings. The second-order valence-corrected chi connectivity index (χ2v) is 5.59. The van der Waals surface area contributed by atoms with Gasteiger partial charge in [-0.1, -0.05) is 23.4 Å². The maximum absolute atomic E-state index is 12.9. The summed E-state index contributed by atoms with van der Waals surface area (Å²) in [5, 5.41) is 6.43. The molecule has 1 amide bonds. The molecule has 0 aliphatic carbocycles. The lowest BCUT2D eigenvalue weighted by atomic mass is 10.0. The van der Waals surface area contributed by atoms with Crippen molar-refractivity contribution in [2.75, 3.05) is 0 Å². The third-order valence-electron chi connectivity index (χ3n) is 3.72. The number of rotatable bonds is 4. The Hall–Kier alpha value is -3.16. The third-order valence-corrected chi connectivity index (χ3v) is 3.72. The summed E-state index contributed by atoms with van der Waals surface area (Å²) in [6.45, 7) is 1.78.